The van der Waals surface area contributed by atoms with Crippen LogP contribution in [-0.2, 0) is 16.0 Å². The molecule has 0 aliphatic rings. The van der Waals surface area contributed by atoms with Crippen molar-refractivity contribution in [2.45, 2.75) is 26.4 Å². The van der Waals surface area contributed by atoms with Gasteiger partial charge in [-0.2, -0.15) is 9.78 Å². The van der Waals surface area contributed by atoms with Crippen molar-refractivity contribution >= 4 is 44.7 Å². The number of carbonyl (C=O) groups is 1. The molecule has 0 fully saturated rings. The molecule has 11 nitrogen and oxygen atoms in total. The molecule has 12 heteroatoms. The number of esters is 1. The summed E-state index contributed by atoms with van der Waals surface area (Å²) >= 11 is 3.34. The lowest BCUT2D eigenvalue weighted by Gasteiger charge is -2.15. The SMILES string of the molecule is CCc1nc2ccc(Br)cc2c(=O)n1N=Cc1cc(OC)c(O[C@@H](C)C(=O)OC)c([N+](=O)[O-])c1. The van der Waals surface area contributed by atoms with Crippen molar-refractivity contribution in [1.82, 2.24) is 9.66 Å². The van der Waals surface area contributed by atoms with E-state index in [1.165, 1.54) is 39.5 Å². The van der Waals surface area contributed by atoms with Gasteiger partial charge in [0.15, 0.2) is 11.9 Å². The summed E-state index contributed by atoms with van der Waals surface area (Å²) in [4.78, 5) is 40.3. The van der Waals surface area contributed by atoms with Gasteiger partial charge in [-0.05, 0) is 31.2 Å². The zero-order valence-electron chi connectivity index (χ0n) is 18.8. The molecule has 0 saturated carbocycles. The summed E-state index contributed by atoms with van der Waals surface area (Å²) in [6, 6.07) is 7.82. The molecule has 2 aromatic carbocycles. The Bertz CT molecular complexity index is 1350. The number of benzene rings is 2. The van der Waals surface area contributed by atoms with E-state index in [1.54, 1.807) is 18.2 Å². The van der Waals surface area contributed by atoms with Crippen LogP contribution in [0.4, 0.5) is 5.69 Å². The average Bonchev–Trinajstić information content (AvgIpc) is 2.83. The largest absolute Gasteiger partial charge is 0.493 e. The topological polar surface area (TPSA) is 135 Å². The predicted octanol–water partition coefficient (Wildman–Crippen LogP) is 3.46. The lowest BCUT2D eigenvalue weighted by molar-refractivity contribution is -0.386. The molecule has 3 rings (SSSR count). The highest BCUT2D eigenvalue weighted by molar-refractivity contribution is 9.10. The molecule has 0 radical (unpaired) electrons. The first-order chi connectivity index (χ1) is 16.2. The number of carbonyl (C=O) groups excluding carboxylic acids is 1. The number of methoxy groups -OCH3 is 2. The van der Waals surface area contributed by atoms with Gasteiger partial charge in [-0.15, -0.1) is 0 Å². The molecule has 0 aliphatic carbocycles. The van der Waals surface area contributed by atoms with Gasteiger partial charge in [0.25, 0.3) is 5.56 Å². The Kier molecular flexibility index (Phi) is 7.61. The zero-order valence-corrected chi connectivity index (χ0v) is 20.4. The molecule has 0 amide bonds. The van der Waals surface area contributed by atoms with Crippen LogP contribution in [-0.4, -0.2) is 47.1 Å². The van der Waals surface area contributed by atoms with E-state index in [0.717, 1.165) is 9.15 Å². The van der Waals surface area contributed by atoms with Crippen LogP contribution >= 0.6 is 15.9 Å². The minimum Gasteiger partial charge on any atom is -0.493 e. The van der Waals surface area contributed by atoms with Gasteiger partial charge in [0.2, 0.25) is 5.75 Å². The third-order valence-electron chi connectivity index (χ3n) is 4.82. The Morgan fingerprint density at radius 2 is 2.06 bits per heavy atom. The van der Waals surface area contributed by atoms with Crippen molar-refractivity contribution in [2.24, 2.45) is 5.10 Å². The molecule has 0 N–H and O–H groups in total. The average molecular weight is 533 g/mol. The van der Waals surface area contributed by atoms with E-state index in [9.17, 15) is 19.7 Å². The Labute approximate surface area is 202 Å². The van der Waals surface area contributed by atoms with Crippen LogP contribution in [0.15, 0.2) is 44.7 Å². The number of aromatic nitrogens is 2. The fourth-order valence-corrected chi connectivity index (χ4v) is 3.51. The van der Waals surface area contributed by atoms with Crippen LogP contribution in [0.5, 0.6) is 11.5 Å². The quantitative estimate of drug-likeness (QED) is 0.186. The molecule has 34 heavy (non-hydrogen) atoms. The summed E-state index contributed by atoms with van der Waals surface area (Å²) in [5.74, 6) is -0.505. The summed E-state index contributed by atoms with van der Waals surface area (Å²) in [6.45, 7) is 3.23. The van der Waals surface area contributed by atoms with Gasteiger partial charge in [-0.25, -0.2) is 9.78 Å². The molecule has 0 spiro atoms. The Morgan fingerprint density at radius 1 is 1.32 bits per heavy atom. The summed E-state index contributed by atoms with van der Waals surface area (Å²) in [5.41, 5.74) is -0.0205. The van der Waals surface area contributed by atoms with E-state index in [4.69, 9.17) is 9.47 Å². The number of rotatable bonds is 8. The third-order valence-corrected chi connectivity index (χ3v) is 5.31. The van der Waals surface area contributed by atoms with E-state index in [1.807, 2.05) is 6.92 Å². The van der Waals surface area contributed by atoms with E-state index >= 15 is 0 Å². The molecule has 3 aromatic rings. The van der Waals surface area contributed by atoms with Crippen molar-refractivity contribution < 1.29 is 23.9 Å². The first kappa shape index (κ1) is 24.8. The molecule has 178 valence electrons. The number of nitrogens with zero attached hydrogens (tertiary/aromatic N) is 4. The number of halogens is 1. The second-order valence-corrected chi connectivity index (χ2v) is 7.93. The highest BCUT2D eigenvalue weighted by atomic mass is 79.9. The molecular formula is C22H21BrN4O7. The predicted molar refractivity (Wildman–Crippen MR) is 128 cm³/mol. The minimum atomic E-state index is -1.11. The smallest absolute Gasteiger partial charge is 0.346 e. The Balaban J connectivity index is 2.10. The summed E-state index contributed by atoms with van der Waals surface area (Å²) in [7, 11) is 2.49. The van der Waals surface area contributed by atoms with Crippen LogP contribution in [0.3, 0.4) is 0 Å². The van der Waals surface area contributed by atoms with Gasteiger partial charge in [-0.3, -0.25) is 14.9 Å². The maximum Gasteiger partial charge on any atom is 0.346 e. The standard InChI is InChI=1S/C22H21BrN4O7/c1-5-19-25-16-7-6-14(23)10-15(16)21(28)26(19)24-11-13-8-17(27(30)31)20(18(9-13)32-3)34-12(2)22(29)33-4/h6-12H,5H2,1-4H3/t12-/m0/s1. The van der Waals surface area contributed by atoms with Crippen LogP contribution in [0.25, 0.3) is 10.9 Å². The van der Waals surface area contributed by atoms with Gasteiger partial charge in [0, 0.05) is 22.5 Å². The molecule has 1 aromatic heterocycles. The molecule has 0 bridgehead atoms. The van der Waals surface area contributed by atoms with Crippen LogP contribution in [0.2, 0.25) is 0 Å². The Morgan fingerprint density at radius 3 is 2.68 bits per heavy atom. The normalized spacial score (nSPS) is 12.0. The van der Waals surface area contributed by atoms with Crippen LogP contribution in [0.1, 0.15) is 25.2 Å². The van der Waals surface area contributed by atoms with Gasteiger partial charge in [-0.1, -0.05) is 22.9 Å². The number of nitro groups is 1. The van der Waals surface area contributed by atoms with Crippen molar-refractivity contribution in [2.75, 3.05) is 14.2 Å². The maximum atomic E-state index is 13.0. The lowest BCUT2D eigenvalue weighted by Crippen LogP contribution is -2.25. The molecule has 1 heterocycles. The highest BCUT2D eigenvalue weighted by Gasteiger charge is 2.26. The van der Waals surface area contributed by atoms with Gasteiger partial charge < -0.3 is 14.2 Å². The summed E-state index contributed by atoms with van der Waals surface area (Å²) < 4.78 is 17.2. The number of hydrogen-bond donors (Lipinski definition) is 0. The fourth-order valence-electron chi connectivity index (χ4n) is 3.15. The van der Waals surface area contributed by atoms with Gasteiger partial charge in [0.1, 0.15) is 5.82 Å². The Hall–Kier alpha value is -3.80. The van der Waals surface area contributed by atoms with Crippen molar-refractivity contribution in [3.63, 3.8) is 0 Å². The number of hydrogen-bond acceptors (Lipinski definition) is 9. The molecule has 0 saturated heterocycles. The van der Waals surface area contributed by atoms with Crippen LogP contribution < -0.4 is 15.0 Å². The second kappa shape index (κ2) is 10.4. The van der Waals surface area contributed by atoms with Crippen LogP contribution in [0, 0.1) is 10.1 Å². The maximum absolute atomic E-state index is 13.0. The lowest BCUT2D eigenvalue weighted by atomic mass is 10.1. The fraction of sp³-hybridized carbons (Fsp3) is 0.273. The van der Waals surface area contributed by atoms with E-state index in [-0.39, 0.29) is 22.6 Å². The number of ether oxygens (including phenoxy) is 3. The molecule has 0 aliphatic heterocycles. The minimum absolute atomic E-state index is 0.00929. The number of nitro benzene ring substituents is 1. The van der Waals surface area contributed by atoms with Crippen molar-refractivity contribution in [3.05, 3.63) is 66.7 Å². The first-order valence-corrected chi connectivity index (χ1v) is 10.9. The second-order valence-electron chi connectivity index (χ2n) is 7.02. The summed E-state index contributed by atoms with van der Waals surface area (Å²) in [5, 5.41) is 16.3. The zero-order chi connectivity index (χ0) is 25.0. The third kappa shape index (κ3) is 5.06. The van der Waals surface area contributed by atoms with Gasteiger partial charge in [0.05, 0.1) is 36.3 Å². The number of fused-ring (bicyclic) bond motifs is 1. The van der Waals surface area contributed by atoms with E-state index in [0.29, 0.717) is 23.1 Å². The van der Waals surface area contributed by atoms with E-state index in [2.05, 4.69) is 30.8 Å². The molecule has 1 atom stereocenters. The summed E-state index contributed by atoms with van der Waals surface area (Å²) in [6.07, 6.45) is 0.612. The van der Waals surface area contributed by atoms with Crippen molar-refractivity contribution in [1.29, 1.82) is 0 Å². The van der Waals surface area contributed by atoms with Gasteiger partial charge >= 0.3 is 11.7 Å². The highest BCUT2D eigenvalue weighted by Crippen LogP contribution is 2.38. The van der Waals surface area contributed by atoms with Crippen molar-refractivity contribution in [3.8, 4) is 11.5 Å². The van der Waals surface area contributed by atoms with E-state index < -0.39 is 22.7 Å². The monoisotopic (exact) mass is 532 g/mol. The molecular weight excluding hydrogens is 512 g/mol. The first-order valence-electron chi connectivity index (χ1n) is 10.1. The number of aryl methyl sites for hydroxylation is 1. The molecule has 0 unspecified atom stereocenters.